The van der Waals surface area contributed by atoms with E-state index in [1.165, 1.54) is 0 Å². The van der Waals surface area contributed by atoms with Crippen molar-refractivity contribution in [3.05, 3.63) is 29.3 Å². The van der Waals surface area contributed by atoms with E-state index in [1.54, 1.807) is 11.8 Å². The van der Waals surface area contributed by atoms with Gasteiger partial charge in [0.2, 0.25) is 5.91 Å². The summed E-state index contributed by atoms with van der Waals surface area (Å²) in [5.74, 6) is -0.657. The van der Waals surface area contributed by atoms with Crippen molar-refractivity contribution in [1.29, 1.82) is 0 Å². The number of hydrogen-bond acceptors (Lipinski definition) is 2. The van der Waals surface area contributed by atoms with Gasteiger partial charge in [0.1, 0.15) is 0 Å². The van der Waals surface area contributed by atoms with E-state index in [0.717, 1.165) is 36.2 Å². The molecule has 1 N–H and O–H groups in total. The lowest BCUT2D eigenvalue weighted by molar-refractivity contribution is -0.137. The molecule has 1 aliphatic heterocycles. The Morgan fingerprint density at radius 3 is 2.74 bits per heavy atom. The van der Waals surface area contributed by atoms with Crippen LogP contribution in [0.2, 0.25) is 0 Å². The highest BCUT2D eigenvalue weighted by atomic mass is 16.4. The van der Waals surface area contributed by atoms with Crippen LogP contribution in [0.25, 0.3) is 0 Å². The molecule has 0 spiro atoms. The van der Waals surface area contributed by atoms with E-state index in [9.17, 15) is 9.59 Å². The Bertz CT molecular complexity index is 510. The summed E-state index contributed by atoms with van der Waals surface area (Å²) >= 11 is 0. The molecular formula is C15H19NO3. The number of carbonyl (C=O) groups excluding carboxylic acids is 1. The smallest absolute Gasteiger partial charge is 0.303 e. The first-order valence-corrected chi connectivity index (χ1v) is 6.65. The zero-order valence-corrected chi connectivity index (χ0v) is 11.3. The number of hydrogen-bond donors (Lipinski definition) is 1. The Labute approximate surface area is 113 Å². The molecule has 1 heterocycles. The lowest BCUT2D eigenvalue weighted by atomic mass is 9.91. The Kier molecular flexibility index (Phi) is 3.88. The molecule has 2 rings (SSSR count). The van der Waals surface area contributed by atoms with E-state index >= 15 is 0 Å². The first kappa shape index (κ1) is 13.6. The minimum absolute atomic E-state index is 0.0502. The molecule has 0 saturated heterocycles. The van der Waals surface area contributed by atoms with Gasteiger partial charge in [-0.3, -0.25) is 9.59 Å². The SMILES string of the molecule is CC[C@@H](CC(=O)O)c1ccc2c(c1)CCN2C(C)=O. The molecule has 0 saturated carbocycles. The van der Waals surface area contributed by atoms with Crippen molar-refractivity contribution in [3.63, 3.8) is 0 Å². The second-order valence-corrected chi connectivity index (χ2v) is 5.01. The Morgan fingerprint density at radius 1 is 1.42 bits per heavy atom. The maximum atomic E-state index is 11.5. The molecule has 0 unspecified atom stereocenters. The van der Waals surface area contributed by atoms with Crippen LogP contribution in [0.5, 0.6) is 0 Å². The summed E-state index contributed by atoms with van der Waals surface area (Å²) in [6, 6.07) is 5.97. The summed E-state index contributed by atoms with van der Waals surface area (Å²) in [4.78, 5) is 24.1. The lowest BCUT2D eigenvalue weighted by Crippen LogP contribution is -2.25. The van der Waals surface area contributed by atoms with Gasteiger partial charge in [0.15, 0.2) is 0 Å². The van der Waals surface area contributed by atoms with E-state index in [1.807, 2.05) is 19.1 Å². The molecule has 4 nitrogen and oxygen atoms in total. The van der Waals surface area contributed by atoms with Crippen LogP contribution in [-0.2, 0) is 16.0 Å². The summed E-state index contributed by atoms with van der Waals surface area (Å²) in [6.45, 7) is 4.30. The fourth-order valence-electron chi connectivity index (χ4n) is 2.71. The van der Waals surface area contributed by atoms with Crippen molar-refractivity contribution in [2.24, 2.45) is 0 Å². The molecule has 4 heteroatoms. The van der Waals surface area contributed by atoms with Crippen molar-refractivity contribution in [2.45, 2.75) is 39.0 Å². The van der Waals surface area contributed by atoms with Crippen LogP contribution < -0.4 is 4.90 Å². The Balaban J connectivity index is 2.27. The minimum atomic E-state index is -0.766. The van der Waals surface area contributed by atoms with E-state index < -0.39 is 5.97 Å². The second-order valence-electron chi connectivity index (χ2n) is 5.01. The van der Waals surface area contributed by atoms with Gasteiger partial charge >= 0.3 is 5.97 Å². The monoisotopic (exact) mass is 261 g/mol. The standard InChI is InChI=1S/C15H19NO3/c1-3-11(9-15(18)19)12-4-5-14-13(8-12)6-7-16(14)10(2)17/h4-5,8,11H,3,6-7,9H2,1-2H3,(H,18,19)/t11-/m0/s1. The molecule has 0 fully saturated rings. The molecule has 1 atom stereocenters. The van der Waals surface area contributed by atoms with Gasteiger partial charge in [0.25, 0.3) is 0 Å². The maximum Gasteiger partial charge on any atom is 0.303 e. The average molecular weight is 261 g/mol. The highest BCUT2D eigenvalue weighted by Gasteiger charge is 2.23. The van der Waals surface area contributed by atoms with Gasteiger partial charge < -0.3 is 10.0 Å². The molecule has 1 amide bonds. The highest BCUT2D eigenvalue weighted by molar-refractivity contribution is 5.93. The van der Waals surface area contributed by atoms with Crippen LogP contribution in [-0.4, -0.2) is 23.5 Å². The normalized spacial score (nSPS) is 15.2. The van der Waals surface area contributed by atoms with E-state index in [4.69, 9.17) is 5.11 Å². The number of carbonyl (C=O) groups is 2. The second kappa shape index (κ2) is 5.43. The number of benzene rings is 1. The first-order chi connectivity index (χ1) is 9.02. The Hall–Kier alpha value is -1.84. The number of carboxylic acids is 1. The number of anilines is 1. The van der Waals surface area contributed by atoms with Crippen molar-refractivity contribution >= 4 is 17.6 Å². The molecular weight excluding hydrogens is 242 g/mol. The number of carboxylic acid groups (broad SMARTS) is 1. The number of amides is 1. The highest BCUT2D eigenvalue weighted by Crippen LogP contribution is 2.33. The number of aliphatic carboxylic acids is 1. The topological polar surface area (TPSA) is 57.6 Å². The van der Waals surface area contributed by atoms with Crippen LogP contribution in [0.4, 0.5) is 5.69 Å². The van der Waals surface area contributed by atoms with Crippen molar-refractivity contribution in [2.75, 3.05) is 11.4 Å². The zero-order valence-electron chi connectivity index (χ0n) is 11.3. The predicted molar refractivity (Wildman–Crippen MR) is 73.5 cm³/mol. The third-order valence-corrected chi connectivity index (χ3v) is 3.76. The fraction of sp³-hybridized carbons (Fsp3) is 0.467. The molecule has 102 valence electrons. The summed E-state index contributed by atoms with van der Waals surface area (Å²) in [5.41, 5.74) is 3.19. The van der Waals surface area contributed by atoms with Crippen molar-refractivity contribution < 1.29 is 14.7 Å². The van der Waals surface area contributed by atoms with Crippen LogP contribution in [0, 0.1) is 0 Å². The molecule has 0 bridgehead atoms. The van der Waals surface area contributed by atoms with Gasteiger partial charge in [-0.25, -0.2) is 0 Å². The van der Waals surface area contributed by atoms with Gasteiger partial charge in [-0.1, -0.05) is 19.1 Å². The fourth-order valence-corrected chi connectivity index (χ4v) is 2.71. The largest absolute Gasteiger partial charge is 0.481 e. The Morgan fingerprint density at radius 2 is 2.16 bits per heavy atom. The number of fused-ring (bicyclic) bond motifs is 1. The number of rotatable bonds is 4. The molecule has 0 aliphatic carbocycles. The van der Waals surface area contributed by atoms with Gasteiger partial charge in [-0.05, 0) is 36.0 Å². The summed E-state index contributed by atoms with van der Waals surface area (Å²) < 4.78 is 0. The summed E-state index contributed by atoms with van der Waals surface area (Å²) in [6.07, 6.45) is 1.82. The van der Waals surface area contributed by atoms with Crippen LogP contribution in [0.3, 0.4) is 0 Å². The summed E-state index contributed by atoms with van der Waals surface area (Å²) in [7, 11) is 0. The van der Waals surface area contributed by atoms with E-state index in [0.29, 0.717) is 0 Å². The van der Waals surface area contributed by atoms with Gasteiger partial charge in [-0.15, -0.1) is 0 Å². The van der Waals surface area contributed by atoms with Crippen molar-refractivity contribution in [3.8, 4) is 0 Å². The van der Waals surface area contributed by atoms with Gasteiger partial charge in [0.05, 0.1) is 6.42 Å². The molecule has 0 radical (unpaired) electrons. The third-order valence-electron chi connectivity index (χ3n) is 3.76. The molecule has 0 aromatic heterocycles. The zero-order chi connectivity index (χ0) is 14.0. The van der Waals surface area contributed by atoms with Crippen LogP contribution >= 0.6 is 0 Å². The first-order valence-electron chi connectivity index (χ1n) is 6.65. The van der Waals surface area contributed by atoms with Gasteiger partial charge in [-0.2, -0.15) is 0 Å². The summed E-state index contributed by atoms with van der Waals surface area (Å²) in [5, 5.41) is 8.93. The molecule has 1 aliphatic rings. The third kappa shape index (κ3) is 2.78. The van der Waals surface area contributed by atoms with Crippen molar-refractivity contribution in [1.82, 2.24) is 0 Å². The lowest BCUT2D eigenvalue weighted by Gasteiger charge is -2.17. The molecule has 1 aromatic carbocycles. The van der Waals surface area contributed by atoms with Crippen LogP contribution in [0.15, 0.2) is 18.2 Å². The average Bonchev–Trinajstić information content (AvgIpc) is 2.78. The van der Waals surface area contributed by atoms with Crippen LogP contribution in [0.1, 0.15) is 43.7 Å². The maximum absolute atomic E-state index is 11.5. The van der Waals surface area contributed by atoms with E-state index in [2.05, 4.69) is 6.07 Å². The van der Waals surface area contributed by atoms with Gasteiger partial charge in [0, 0.05) is 19.2 Å². The number of nitrogens with zero attached hydrogens (tertiary/aromatic N) is 1. The molecule has 1 aromatic rings. The quantitative estimate of drug-likeness (QED) is 0.906. The molecule has 19 heavy (non-hydrogen) atoms. The minimum Gasteiger partial charge on any atom is -0.481 e. The van der Waals surface area contributed by atoms with E-state index in [-0.39, 0.29) is 18.2 Å². The predicted octanol–water partition coefficient (Wildman–Crippen LogP) is 2.56.